The van der Waals surface area contributed by atoms with Crippen LogP contribution in [-0.4, -0.2) is 42.1 Å². The summed E-state index contributed by atoms with van der Waals surface area (Å²) in [7, 11) is 1.84. The summed E-state index contributed by atoms with van der Waals surface area (Å²) in [6, 6.07) is 0. The Kier molecular flexibility index (Phi) is 4.99. The number of halogens is 1. The third kappa shape index (κ3) is 4.65. The normalized spacial score (nSPS) is 15.5. The Labute approximate surface area is 70.0 Å². The third-order valence-corrected chi connectivity index (χ3v) is 1.42. The second-order valence-electron chi connectivity index (χ2n) is 2.45. The molecule has 1 rings (SSSR count). The van der Waals surface area contributed by atoms with Crippen LogP contribution in [0.3, 0.4) is 0 Å². The fourth-order valence-electron chi connectivity index (χ4n) is 0.783. The molecule has 0 atom stereocenters. The van der Waals surface area contributed by atoms with Gasteiger partial charge in [-0.2, -0.15) is 0 Å². The van der Waals surface area contributed by atoms with Crippen LogP contribution in [0.1, 0.15) is 12.8 Å². The lowest BCUT2D eigenvalue weighted by atomic mass is 10.4. The molecule has 12 heavy (non-hydrogen) atoms. The van der Waals surface area contributed by atoms with Gasteiger partial charge < -0.3 is 10.0 Å². The molecule has 5 heteroatoms. The standard InChI is InChI=1S/C5H9NO.C2H3FO2/c1-6-4-2-3-5(6)7;3-1-2(4)5/h2-4H2,1H3;1H2,(H,4,5). The average Bonchev–Trinajstić information content (AvgIpc) is 2.37. The molecular weight excluding hydrogens is 165 g/mol. The molecule has 0 aliphatic carbocycles. The molecule has 0 aromatic heterocycles. The van der Waals surface area contributed by atoms with Gasteiger partial charge in [0.1, 0.15) is 0 Å². The fourth-order valence-corrected chi connectivity index (χ4v) is 0.783. The van der Waals surface area contributed by atoms with Crippen LogP contribution in [0.4, 0.5) is 4.39 Å². The fraction of sp³-hybridized carbons (Fsp3) is 0.714. The van der Waals surface area contributed by atoms with Crippen LogP contribution in [0.15, 0.2) is 0 Å². The number of carbonyl (C=O) groups excluding carboxylic acids is 1. The molecular formula is C7H12FNO3. The number of carboxylic acids is 1. The Bertz CT molecular complexity index is 172. The molecule has 1 amide bonds. The van der Waals surface area contributed by atoms with E-state index in [1.165, 1.54) is 0 Å². The Morgan fingerprint density at radius 2 is 2.25 bits per heavy atom. The monoisotopic (exact) mass is 177 g/mol. The van der Waals surface area contributed by atoms with E-state index in [1.54, 1.807) is 4.90 Å². The maximum absolute atomic E-state index is 10.5. The zero-order chi connectivity index (χ0) is 9.56. The van der Waals surface area contributed by atoms with Crippen molar-refractivity contribution in [2.75, 3.05) is 20.3 Å². The van der Waals surface area contributed by atoms with Crippen molar-refractivity contribution in [2.45, 2.75) is 12.8 Å². The molecule has 1 heterocycles. The minimum Gasteiger partial charge on any atom is -0.479 e. The van der Waals surface area contributed by atoms with Crippen LogP contribution in [-0.2, 0) is 9.59 Å². The zero-order valence-electron chi connectivity index (χ0n) is 6.92. The molecule has 1 fully saturated rings. The van der Waals surface area contributed by atoms with Gasteiger partial charge >= 0.3 is 5.97 Å². The molecule has 0 aromatic rings. The first kappa shape index (κ1) is 10.9. The summed E-state index contributed by atoms with van der Waals surface area (Å²) in [4.78, 5) is 21.3. The lowest BCUT2D eigenvalue weighted by Crippen LogP contribution is -2.17. The van der Waals surface area contributed by atoms with Gasteiger partial charge in [0.25, 0.3) is 0 Å². The Balaban J connectivity index is 0.000000217. The second kappa shape index (κ2) is 5.51. The highest BCUT2D eigenvalue weighted by atomic mass is 19.1. The number of hydrogen-bond donors (Lipinski definition) is 1. The summed E-state index contributed by atoms with van der Waals surface area (Å²) < 4.78 is 10.5. The molecule has 0 radical (unpaired) electrons. The third-order valence-electron chi connectivity index (χ3n) is 1.42. The first-order valence-electron chi connectivity index (χ1n) is 3.59. The van der Waals surface area contributed by atoms with E-state index in [2.05, 4.69) is 0 Å². The minimum atomic E-state index is -1.41. The highest BCUT2D eigenvalue weighted by molar-refractivity contribution is 5.77. The van der Waals surface area contributed by atoms with Crippen molar-refractivity contribution >= 4 is 11.9 Å². The number of alkyl halides is 1. The number of carbonyl (C=O) groups is 2. The Hall–Kier alpha value is -1.13. The molecule has 0 aromatic carbocycles. The van der Waals surface area contributed by atoms with Gasteiger partial charge in [-0.25, -0.2) is 9.18 Å². The number of nitrogens with zero attached hydrogens (tertiary/aromatic N) is 1. The first-order chi connectivity index (χ1) is 5.57. The maximum Gasteiger partial charge on any atom is 0.335 e. The summed E-state index contributed by atoms with van der Waals surface area (Å²) in [5, 5.41) is 7.35. The summed E-state index contributed by atoms with van der Waals surface area (Å²) >= 11 is 0. The Morgan fingerprint density at radius 1 is 1.75 bits per heavy atom. The van der Waals surface area contributed by atoms with Gasteiger partial charge in [-0.15, -0.1) is 0 Å². The molecule has 0 saturated carbocycles. The van der Waals surface area contributed by atoms with E-state index in [-0.39, 0.29) is 0 Å². The van der Waals surface area contributed by atoms with Crippen molar-refractivity contribution in [3.05, 3.63) is 0 Å². The number of aliphatic carboxylic acids is 1. The van der Waals surface area contributed by atoms with Gasteiger partial charge in [0.05, 0.1) is 0 Å². The van der Waals surface area contributed by atoms with Gasteiger partial charge in [0, 0.05) is 20.0 Å². The van der Waals surface area contributed by atoms with E-state index in [1.807, 2.05) is 7.05 Å². The van der Waals surface area contributed by atoms with Crippen molar-refractivity contribution in [1.82, 2.24) is 4.90 Å². The first-order valence-corrected chi connectivity index (χ1v) is 3.59. The number of likely N-dealkylation sites (tertiary alicyclic amines) is 1. The van der Waals surface area contributed by atoms with Crippen molar-refractivity contribution < 1.29 is 19.1 Å². The number of hydrogen-bond acceptors (Lipinski definition) is 2. The van der Waals surface area contributed by atoms with Crippen molar-refractivity contribution in [1.29, 1.82) is 0 Å². The van der Waals surface area contributed by atoms with Crippen LogP contribution >= 0.6 is 0 Å². The average molecular weight is 177 g/mol. The van der Waals surface area contributed by atoms with Crippen LogP contribution in [0, 0.1) is 0 Å². The van der Waals surface area contributed by atoms with Crippen LogP contribution in [0.25, 0.3) is 0 Å². The summed E-state index contributed by atoms with van der Waals surface area (Å²) in [5.41, 5.74) is 0. The van der Waals surface area contributed by atoms with Gasteiger partial charge in [0.2, 0.25) is 5.91 Å². The molecule has 0 spiro atoms. The summed E-state index contributed by atoms with van der Waals surface area (Å²) in [6.45, 7) is -0.321. The quantitative estimate of drug-likeness (QED) is 0.625. The molecule has 1 saturated heterocycles. The molecule has 1 N–H and O–H groups in total. The smallest absolute Gasteiger partial charge is 0.335 e. The molecule has 1 aliphatic heterocycles. The molecule has 0 bridgehead atoms. The molecule has 70 valence electrons. The number of carboxylic acid groups (broad SMARTS) is 1. The molecule has 1 aliphatic rings. The highest BCUT2D eigenvalue weighted by Gasteiger charge is 2.14. The number of rotatable bonds is 1. The van der Waals surface area contributed by atoms with Crippen molar-refractivity contribution in [2.24, 2.45) is 0 Å². The van der Waals surface area contributed by atoms with E-state index in [0.29, 0.717) is 5.91 Å². The largest absolute Gasteiger partial charge is 0.479 e. The Morgan fingerprint density at radius 3 is 2.33 bits per heavy atom. The highest BCUT2D eigenvalue weighted by Crippen LogP contribution is 2.04. The van der Waals surface area contributed by atoms with E-state index >= 15 is 0 Å². The molecule has 0 unspecified atom stereocenters. The van der Waals surface area contributed by atoms with Gasteiger partial charge in [-0.3, -0.25) is 4.79 Å². The summed E-state index contributed by atoms with van der Waals surface area (Å²) in [6.07, 6.45) is 1.81. The van der Waals surface area contributed by atoms with Crippen LogP contribution < -0.4 is 0 Å². The zero-order valence-corrected chi connectivity index (χ0v) is 6.92. The van der Waals surface area contributed by atoms with Crippen LogP contribution in [0.2, 0.25) is 0 Å². The predicted molar refractivity (Wildman–Crippen MR) is 40.5 cm³/mol. The maximum atomic E-state index is 10.5. The lowest BCUT2D eigenvalue weighted by molar-refractivity contribution is -0.138. The van der Waals surface area contributed by atoms with Crippen molar-refractivity contribution in [3.63, 3.8) is 0 Å². The molecule has 4 nitrogen and oxygen atoms in total. The van der Waals surface area contributed by atoms with Gasteiger partial charge in [-0.05, 0) is 6.42 Å². The van der Waals surface area contributed by atoms with E-state index in [4.69, 9.17) is 9.90 Å². The van der Waals surface area contributed by atoms with Crippen LogP contribution in [0.5, 0.6) is 0 Å². The number of amides is 1. The van der Waals surface area contributed by atoms with E-state index < -0.39 is 12.6 Å². The summed E-state index contributed by atoms with van der Waals surface area (Å²) in [5.74, 6) is -1.12. The lowest BCUT2D eigenvalue weighted by Gasteiger charge is -2.03. The second-order valence-corrected chi connectivity index (χ2v) is 2.45. The van der Waals surface area contributed by atoms with E-state index in [9.17, 15) is 9.18 Å². The minimum absolute atomic E-state index is 0.292. The topological polar surface area (TPSA) is 57.6 Å². The van der Waals surface area contributed by atoms with Gasteiger partial charge in [-0.1, -0.05) is 0 Å². The van der Waals surface area contributed by atoms with Gasteiger partial charge in [0.15, 0.2) is 6.67 Å². The predicted octanol–water partition coefficient (Wildman–Crippen LogP) is 0.279. The SMILES string of the molecule is CN1CCCC1=O.O=C(O)CF. The van der Waals surface area contributed by atoms with E-state index in [0.717, 1.165) is 19.4 Å². The van der Waals surface area contributed by atoms with Crippen molar-refractivity contribution in [3.8, 4) is 0 Å².